The fourth-order valence-electron chi connectivity index (χ4n) is 2.08. The lowest BCUT2D eigenvalue weighted by atomic mass is 10.1. The van der Waals surface area contributed by atoms with Crippen molar-refractivity contribution < 1.29 is 14.3 Å². The van der Waals surface area contributed by atoms with E-state index in [2.05, 4.69) is 10.6 Å². The second kappa shape index (κ2) is 5.10. The Bertz CT molecular complexity index is 575. The van der Waals surface area contributed by atoms with Gasteiger partial charge in [-0.3, -0.25) is 0 Å². The Morgan fingerprint density at radius 1 is 1.39 bits per heavy atom. The molecule has 0 saturated carbocycles. The highest BCUT2D eigenvalue weighted by atomic mass is 16.4. The third kappa shape index (κ3) is 2.31. The summed E-state index contributed by atoms with van der Waals surface area (Å²) in [4.78, 5) is 10.6. The van der Waals surface area contributed by atoms with E-state index in [9.17, 15) is 4.79 Å². The number of furan rings is 1. The Morgan fingerprint density at radius 2 is 2.17 bits per heavy atom. The van der Waals surface area contributed by atoms with E-state index < -0.39 is 6.09 Å². The molecule has 0 spiro atoms. The van der Waals surface area contributed by atoms with Gasteiger partial charge in [-0.15, -0.1) is 0 Å². The number of aryl methyl sites for hydroxylation is 1. The van der Waals surface area contributed by atoms with Crippen molar-refractivity contribution in [2.75, 3.05) is 7.05 Å². The van der Waals surface area contributed by atoms with Gasteiger partial charge in [0.2, 0.25) is 0 Å². The Labute approximate surface area is 105 Å². The van der Waals surface area contributed by atoms with Crippen LogP contribution < -0.4 is 10.6 Å². The summed E-state index contributed by atoms with van der Waals surface area (Å²) < 4.78 is 5.75. The first-order chi connectivity index (χ1) is 8.63. The summed E-state index contributed by atoms with van der Waals surface area (Å²) >= 11 is 0. The van der Waals surface area contributed by atoms with Gasteiger partial charge in [0.05, 0.1) is 6.54 Å². The molecule has 2 rings (SSSR count). The third-order valence-electron chi connectivity index (χ3n) is 2.91. The van der Waals surface area contributed by atoms with Crippen molar-refractivity contribution in [3.05, 3.63) is 35.1 Å². The minimum Gasteiger partial charge on any atom is -0.465 e. The zero-order chi connectivity index (χ0) is 13.1. The zero-order valence-electron chi connectivity index (χ0n) is 10.4. The molecule has 0 atom stereocenters. The van der Waals surface area contributed by atoms with Gasteiger partial charge in [-0.05, 0) is 25.6 Å². The Balaban J connectivity index is 2.44. The fourth-order valence-corrected chi connectivity index (χ4v) is 2.08. The molecule has 3 N–H and O–H groups in total. The molecule has 0 bridgehead atoms. The molecule has 0 aliphatic carbocycles. The van der Waals surface area contributed by atoms with E-state index in [-0.39, 0.29) is 6.54 Å². The van der Waals surface area contributed by atoms with Crippen molar-refractivity contribution >= 4 is 17.1 Å². The summed E-state index contributed by atoms with van der Waals surface area (Å²) in [5.41, 5.74) is 2.78. The van der Waals surface area contributed by atoms with E-state index in [0.717, 1.165) is 27.9 Å². The van der Waals surface area contributed by atoms with Crippen LogP contribution in [0.5, 0.6) is 0 Å². The number of hydrogen-bond donors (Lipinski definition) is 3. The molecule has 0 unspecified atom stereocenters. The summed E-state index contributed by atoms with van der Waals surface area (Å²) in [6.07, 6.45) is -1.02. The molecule has 0 aliphatic heterocycles. The standard InChI is InChI=1S/C13H16N2O3/c1-8-11(7-14-2)18-10-5-3-4-9(12(8)10)6-15-13(16)17/h3-5,14-15H,6-7H2,1-2H3,(H,16,17). The van der Waals surface area contributed by atoms with Crippen LogP contribution in [0.1, 0.15) is 16.9 Å². The van der Waals surface area contributed by atoms with Crippen LogP contribution in [0, 0.1) is 6.92 Å². The van der Waals surface area contributed by atoms with Gasteiger partial charge in [0.15, 0.2) is 0 Å². The molecule has 2 aromatic rings. The molecule has 0 aliphatic rings. The van der Waals surface area contributed by atoms with Gasteiger partial charge in [0.25, 0.3) is 0 Å². The minimum atomic E-state index is -1.02. The van der Waals surface area contributed by atoms with Crippen molar-refractivity contribution in [3.8, 4) is 0 Å². The lowest BCUT2D eigenvalue weighted by Gasteiger charge is -2.03. The molecule has 1 heterocycles. The number of fused-ring (bicyclic) bond motifs is 1. The number of rotatable bonds is 4. The predicted molar refractivity (Wildman–Crippen MR) is 68.6 cm³/mol. The molecule has 5 nitrogen and oxygen atoms in total. The number of carboxylic acid groups (broad SMARTS) is 1. The van der Waals surface area contributed by atoms with E-state index in [1.165, 1.54) is 0 Å². The molecule has 0 saturated heterocycles. The van der Waals surface area contributed by atoms with Crippen molar-refractivity contribution in [1.29, 1.82) is 0 Å². The maximum Gasteiger partial charge on any atom is 0.404 e. The zero-order valence-corrected chi connectivity index (χ0v) is 10.4. The molecule has 5 heteroatoms. The largest absolute Gasteiger partial charge is 0.465 e. The molecule has 1 amide bonds. The highest BCUT2D eigenvalue weighted by molar-refractivity contribution is 5.85. The van der Waals surface area contributed by atoms with Gasteiger partial charge in [-0.2, -0.15) is 0 Å². The van der Waals surface area contributed by atoms with Gasteiger partial charge >= 0.3 is 6.09 Å². The first-order valence-corrected chi connectivity index (χ1v) is 5.74. The normalized spacial score (nSPS) is 10.8. The van der Waals surface area contributed by atoms with Gasteiger partial charge in [-0.25, -0.2) is 4.79 Å². The Kier molecular flexibility index (Phi) is 3.53. The van der Waals surface area contributed by atoms with Crippen LogP contribution in [-0.4, -0.2) is 18.2 Å². The molecular formula is C13H16N2O3. The average molecular weight is 248 g/mol. The lowest BCUT2D eigenvalue weighted by Crippen LogP contribution is -2.20. The van der Waals surface area contributed by atoms with Crippen LogP contribution in [0.3, 0.4) is 0 Å². The van der Waals surface area contributed by atoms with E-state index in [1.807, 2.05) is 32.2 Å². The monoisotopic (exact) mass is 248 g/mol. The second-order valence-corrected chi connectivity index (χ2v) is 4.13. The van der Waals surface area contributed by atoms with E-state index in [0.29, 0.717) is 6.54 Å². The summed E-state index contributed by atoms with van der Waals surface area (Å²) in [7, 11) is 1.86. The summed E-state index contributed by atoms with van der Waals surface area (Å²) in [5.74, 6) is 0.885. The van der Waals surface area contributed by atoms with Crippen LogP contribution in [0.4, 0.5) is 4.79 Å². The average Bonchev–Trinajstić information content (AvgIpc) is 2.65. The number of hydrogen-bond acceptors (Lipinski definition) is 3. The van der Waals surface area contributed by atoms with Crippen molar-refractivity contribution in [3.63, 3.8) is 0 Å². The van der Waals surface area contributed by atoms with E-state index in [4.69, 9.17) is 9.52 Å². The molecule has 1 aromatic carbocycles. The third-order valence-corrected chi connectivity index (χ3v) is 2.91. The Morgan fingerprint density at radius 3 is 2.83 bits per heavy atom. The summed E-state index contributed by atoms with van der Waals surface area (Å²) in [6, 6.07) is 5.67. The van der Waals surface area contributed by atoms with Crippen LogP contribution in [0.15, 0.2) is 22.6 Å². The van der Waals surface area contributed by atoms with Crippen LogP contribution >= 0.6 is 0 Å². The number of nitrogens with one attached hydrogen (secondary N) is 2. The van der Waals surface area contributed by atoms with Crippen molar-refractivity contribution in [2.24, 2.45) is 0 Å². The predicted octanol–water partition coefficient (Wildman–Crippen LogP) is 2.23. The smallest absolute Gasteiger partial charge is 0.404 e. The van der Waals surface area contributed by atoms with E-state index >= 15 is 0 Å². The molecule has 96 valence electrons. The second-order valence-electron chi connectivity index (χ2n) is 4.13. The van der Waals surface area contributed by atoms with Gasteiger partial charge in [0, 0.05) is 17.5 Å². The first-order valence-electron chi connectivity index (χ1n) is 5.74. The molecule has 1 aromatic heterocycles. The molecule has 18 heavy (non-hydrogen) atoms. The van der Waals surface area contributed by atoms with Crippen LogP contribution in [-0.2, 0) is 13.1 Å². The maximum absolute atomic E-state index is 10.6. The Hall–Kier alpha value is -2.01. The first kappa shape index (κ1) is 12.4. The van der Waals surface area contributed by atoms with Gasteiger partial charge in [-0.1, -0.05) is 12.1 Å². The topological polar surface area (TPSA) is 74.5 Å². The van der Waals surface area contributed by atoms with Crippen molar-refractivity contribution in [2.45, 2.75) is 20.0 Å². The SMILES string of the molecule is CNCc1oc2cccc(CNC(=O)O)c2c1C. The number of amides is 1. The van der Waals surface area contributed by atoms with E-state index in [1.54, 1.807) is 0 Å². The molecule has 0 radical (unpaired) electrons. The van der Waals surface area contributed by atoms with Crippen molar-refractivity contribution in [1.82, 2.24) is 10.6 Å². The minimum absolute atomic E-state index is 0.284. The number of carbonyl (C=O) groups is 1. The van der Waals surface area contributed by atoms with Crippen LogP contribution in [0.25, 0.3) is 11.0 Å². The molecule has 0 fully saturated rings. The highest BCUT2D eigenvalue weighted by Gasteiger charge is 2.13. The number of benzene rings is 1. The maximum atomic E-state index is 10.6. The van der Waals surface area contributed by atoms with Crippen LogP contribution in [0.2, 0.25) is 0 Å². The fraction of sp³-hybridized carbons (Fsp3) is 0.308. The van der Waals surface area contributed by atoms with Gasteiger partial charge in [0.1, 0.15) is 11.3 Å². The lowest BCUT2D eigenvalue weighted by molar-refractivity contribution is 0.194. The summed E-state index contributed by atoms with van der Waals surface area (Å²) in [5, 5.41) is 15.1. The van der Waals surface area contributed by atoms with Gasteiger partial charge < -0.3 is 20.2 Å². The summed E-state index contributed by atoms with van der Waals surface area (Å²) in [6.45, 7) is 2.93. The quantitative estimate of drug-likeness (QED) is 0.775. The molecular weight excluding hydrogens is 232 g/mol. The highest BCUT2D eigenvalue weighted by Crippen LogP contribution is 2.28.